The molecule has 12 nitrogen and oxygen atoms in total. The van der Waals surface area contributed by atoms with E-state index in [1.807, 2.05) is 4.90 Å². The molecule has 4 rings (SSSR count). The van der Waals surface area contributed by atoms with Crippen molar-refractivity contribution in [1.29, 1.82) is 0 Å². The fourth-order valence-electron chi connectivity index (χ4n) is 3.33. The quantitative estimate of drug-likeness (QED) is 0.220. The van der Waals surface area contributed by atoms with Crippen LogP contribution in [0.2, 0.25) is 0 Å². The van der Waals surface area contributed by atoms with Crippen LogP contribution in [0.3, 0.4) is 0 Å². The van der Waals surface area contributed by atoms with Gasteiger partial charge in [0.25, 0.3) is 5.69 Å². The fourth-order valence-corrected chi connectivity index (χ4v) is 3.33. The third kappa shape index (κ3) is 2.90. The number of fused-ring (bicyclic) bond motifs is 1. The van der Waals surface area contributed by atoms with Crippen molar-refractivity contribution >= 4 is 33.9 Å². The molecule has 0 saturated carbocycles. The van der Waals surface area contributed by atoms with Gasteiger partial charge >= 0.3 is 0 Å². The lowest BCUT2D eigenvalue weighted by molar-refractivity contribution is -0.383. The van der Waals surface area contributed by atoms with Crippen molar-refractivity contribution in [2.75, 3.05) is 36.8 Å². The number of oxime groups is 1. The number of amidine groups is 1. The smallest absolute Gasteiger partial charge is 0.278 e. The Labute approximate surface area is 158 Å². The first-order chi connectivity index (χ1) is 13.6. The molecular formula is C16H16N8O4. The molecule has 2 aromatic heterocycles. The number of pyridine rings is 1. The van der Waals surface area contributed by atoms with Crippen LogP contribution in [0, 0.1) is 10.1 Å². The molecule has 1 aromatic carbocycles. The second-order valence-electron chi connectivity index (χ2n) is 6.16. The second kappa shape index (κ2) is 6.98. The van der Waals surface area contributed by atoms with Gasteiger partial charge in [-0.05, 0) is 28.5 Å². The number of nitrogens with two attached hydrogens (primary N) is 1. The maximum absolute atomic E-state index is 11.3. The number of hydrogen-bond donors (Lipinski definition) is 2. The summed E-state index contributed by atoms with van der Waals surface area (Å²) in [7, 11) is 0. The maximum atomic E-state index is 11.3. The van der Waals surface area contributed by atoms with E-state index in [1.54, 1.807) is 24.4 Å². The minimum atomic E-state index is -0.411. The number of aromatic nitrogens is 3. The topological polar surface area (TPSA) is 160 Å². The first-order valence-corrected chi connectivity index (χ1v) is 8.42. The van der Waals surface area contributed by atoms with Crippen molar-refractivity contribution in [1.82, 2.24) is 20.2 Å². The normalized spacial score (nSPS) is 15.2. The van der Waals surface area contributed by atoms with Crippen LogP contribution in [-0.4, -0.2) is 62.3 Å². The molecule has 144 valence electrons. The van der Waals surface area contributed by atoms with Gasteiger partial charge in [0.1, 0.15) is 5.52 Å². The number of rotatable bonds is 3. The monoisotopic (exact) mass is 384 g/mol. The highest BCUT2D eigenvalue weighted by atomic mass is 16.6. The molecule has 0 amide bonds. The van der Waals surface area contributed by atoms with Crippen molar-refractivity contribution < 1.29 is 14.8 Å². The van der Waals surface area contributed by atoms with Crippen LogP contribution in [0.15, 0.2) is 40.2 Å². The molecule has 1 aliphatic heterocycles. The number of nitrogens with zero attached hydrogens (tertiary/aromatic N) is 7. The van der Waals surface area contributed by atoms with Crippen LogP contribution in [0.5, 0.6) is 0 Å². The highest BCUT2D eigenvalue weighted by Crippen LogP contribution is 2.32. The molecule has 1 saturated heterocycles. The molecule has 1 fully saturated rings. The van der Waals surface area contributed by atoms with Crippen LogP contribution in [0.1, 0.15) is 5.69 Å². The summed E-state index contributed by atoms with van der Waals surface area (Å²) in [4.78, 5) is 19.1. The third-order valence-electron chi connectivity index (χ3n) is 4.66. The summed E-state index contributed by atoms with van der Waals surface area (Å²) in [6.45, 7) is 2.18. The molecule has 0 unspecified atom stereocenters. The molecular weight excluding hydrogens is 368 g/mol. The van der Waals surface area contributed by atoms with E-state index in [-0.39, 0.29) is 23.0 Å². The zero-order valence-corrected chi connectivity index (χ0v) is 14.6. The summed E-state index contributed by atoms with van der Waals surface area (Å²) < 4.78 is 4.57. The van der Waals surface area contributed by atoms with Gasteiger partial charge in [0.2, 0.25) is 5.84 Å². The van der Waals surface area contributed by atoms with Crippen molar-refractivity contribution in [2.45, 2.75) is 0 Å². The Balaban J connectivity index is 1.59. The number of anilines is 2. The summed E-state index contributed by atoms with van der Waals surface area (Å²) >= 11 is 0. The van der Waals surface area contributed by atoms with Gasteiger partial charge in [0.15, 0.2) is 11.5 Å². The van der Waals surface area contributed by atoms with Crippen LogP contribution in [0.25, 0.3) is 10.9 Å². The number of non-ortho nitro benzene ring substituents is 1. The fraction of sp³-hybridized carbons (Fsp3) is 0.250. The molecule has 12 heteroatoms. The lowest BCUT2D eigenvalue weighted by Crippen LogP contribution is -2.49. The second-order valence-corrected chi connectivity index (χ2v) is 6.16. The Bertz CT molecular complexity index is 1060. The van der Waals surface area contributed by atoms with Crippen molar-refractivity contribution in [3.63, 3.8) is 0 Å². The van der Waals surface area contributed by atoms with Gasteiger partial charge in [0.05, 0.1) is 16.0 Å². The molecule has 3 N–H and O–H groups in total. The highest BCUT2D eigenvalue weighted by Gasteiger charge is 2.27. The van der Waals surface area contributed by atoms with Gasteiger partial charge in [-0.25, -0.2) is 4.63 Å². The molecule has 3 aromatic rings. The molecule has 1 aliphatic rings. The van der Waals surface area contributed by atoms with Crippen LogP contribution >= 0.6 is 0 Å². The minimum absolute atomic E-state index is 0.0224. The highest BCUT2D eigenvalue weighted by molar-refractivity contribution is 6.00. The van der Waals surface area contributed by atoms with E-state index in [4.69, 9.17) is 5.73 Å². The lowest BCUT2D eigenvalue weighted by atomic mass is 10.1. The Hall–Kier alpha value is -3.96. The first kappa shape index (κ1) is 17.5. The lowest BCUT2D eigenvalue weighted by Gasteiger charge is -2.36. The zero-order valence-electron chi connectivity index (χ0n) is 14.6. The Kier molecular flexibility index (Phi) is 4.35. The van der Waals surface area contributed by atoms with Gasteiger partial charge in [-0.2, -0.15) is 0 Å². The van der Waals surface area contributed by atoms with Crippen LogP contribution < -0.4 is 10.6 Å². The predicted molar refractivity (Wildman–Crippen MR) is 99.2 cm³/mol. The van der Waals surface area contributed by atoms with E-state index in [1.165, 1.54) is 6.07 Å². The Morgan fingerprint density at radius 3 is 2.68 bits per heavy atom. The summed E-state index contributed by atoms with van der Waals surface area (Å²) in [5.41, 5.74) is 7.27. The predicted octanol–water partition coefficient (Wildman–Crippen LogP) is 1.07. The SMILES string of the molecule is Nc1nonc1/C(=N\O)N1CCN(c2ccc([N+](=O)[O-])c3cccnc23)CC1. The Morgan fingerprint density at radius 1 is 1.25 bits per heavy atom. The minimum Gasteiger partial charge on any atom is -0.409 e. The number of nitrogen functional groups attached to an aromatic ring is 1. The number of nitro benzene ring substituents is 1. The number of benzene rings is 1. The first-order valence-electron chi connectivity index (χ1n) is 8.42. The summed E-state index contributed by atoms with van der Waals surface area (Å²) in [5, 5.41) is 31.6. The van der Waals surface area contributed by atoms with Gasteiger partial charge < -0.3 is 20.7 Å². The average Bonchev–Trinajstić information content (AvgIpc) is 3.14. The molecule has 0 aliphatic carbocycles. The molecule has 0 atom stereocenters. The largest absolute Gasteiger partial charge is 0.409 e. The molecule has 0 spiro atoms. The van der Waals surface area contributed by atoms with E-state index in [9.17, 15) is 15.3 Å². The van der Waals surface area contributed by atoms with E-state index >= 15 is 0 Å². The van der Waals surface area contributed by atoms with Crippen molar-refractivity contribution in [3.05, 3.63) is 46.3 Å². The van der Waals surface area contributed by atoms with E-state index in [0.717, 1.165) is 5.69 Å². The van der Waals surface area contributed by atoms with E-state index in [0.29, 0.717) is 37.1 Å². The van der Waals surface area contributed by atoms with Crippen LogP contribution in [0.4, 0.5) is 17.2 Å². The molecule has 0 radical (unpaired) electrons. The Morgan fingerprint density at radius 2 is 2.04 bits per heavy atom. The number of hydrogen-bond acceptors (Lipinski definition) is 10. The van der Waals surface area contributed by atoms with Gasteiger partial charge in [0, 0.05) is 38.4 Å². The molecule has 0 bridgehead atoms. The summed E-state index contributed by atoms with van der Waals surface area (Å²) in [6, 6.07) is 6.58. The van der Waals surface area contributed by atoms with Gasteiger partial charge in [-0.15, -0.1) is 0 Å². The number of piperazine rings is 1. The maximum Gasteiger partial charge on any atom is 0.278 e. The van der Waals surface area contributed by atoms with Gasteiger partial charge in [-0.3, -0.25) is 15.1 Å². The zero-order chi connectivity index (χ0) is 19.7. The summed E-state index contributed by atoms with van der Waals surface area (Å²) in [5.74, 6) is 0.228. The molecule has 3 heterocycles. The average molecular weight is 384 g/mol. The summed E-state index contributed by atoms with van der Waals surface area (Å²) in [6.07, 6.45) is 1.61. The molecule has 28 heavy (non-hydrogen) atoms. The number of nitro groups is 1. The standard InChI is InChI=1S/C16H16N8O4/c17-15-14(20-28-21-15)16(19-25)23-8-6-22(7-9-23)12-4-3-11(24(26)27)10-2-1-5-18-13(10)12/h1-5,25H,6-9H2,(H2,17,21)/b19-16+. The van der Waals surface area contributed by atoms with E-state index < -0.39 is 4.92 Å². The van der Waals surface area contributed by atoms with Crippen molar-refractivity contribution in [3.8, 4) is 0 Å². The van der Waals surface area contributed by atoms with Crippen LogP contribution in [-0.2, 0) is 0 Å². The third-order valence-corrected chi connectivity index (χ3v) is 4.66. The van der Waals surface area contributed by atoms with Gasteiger partial charge in [-0.1, -0.05) is 5.16 Å². The van der Waals surface area contributed by atoms with Crippen molar-refractivity contribution in [2.24, 2.45) is 5.16 Å². The van der Waals surface area contributed by atoms with E-state index in [2.05, 4.69) is 30.0 Å².